The maximum Gasteiger partial charge on any atom is 0.319 e. The molecule has 1 aliphatic heterocycles. The molecular weight excluding hydrogens is 380 g/mol. The summed E-state index contributed by atoms with van der Waals surface area (Å²) in [5.41, 5.74) is 2.73. The van der Waals surface area contributed by atoms with Gasteiger partial charge in [0.2, 0.25) is 5.89 Å². The maximum atomic E-state index is 13.5. The first kappa shape index (κ1) is 16.6. The third-order valence-corrected chi connectivity index (χ3v) is 5.60. The minimum Gasteiger partial charge on any atom is -0.408 e. The van der Waals surface area contributed by atoms with Gasteiger partial charge in [0.1, 0.15) is 6.04 Å². The number of nitrogens with zero attached hydrogens (tertiary/aromatic N) is 6. The minimum absolute atomic E-state index is 0.0512. The van der Waals surface area contributed by atoms with Gasteiger partial charge in [-0.3, -0.25) is 0 Å². The van der Waals surface area contributed by atoms with E-state index in [1.807, 2.05) is 4.90 Å². The highest BCUT2D eigenvalue weighted by Crippen LogP contribution is 2.42. The van der Waals surface area contributed by atoms with Gasteiger partial charge in [-0.05, 0) is 31.0 Å². The summed E-state index contributed by atoms with van der Waals surface area (Å²) in [7, 11) is 0. The zero-order chi connectivity index (χ0) is 19.5. The van der Waals surface area contributed by atoms with Crippen molar-refractivity contribution in [1.29, 1.82) is 0 Å². The fourth-order valence-electron chi connectivity index (χ4n) is 3.99. The predicted octanol–water partition coefficient (Wildman–Crippen LogP) is 3.41. The maximum absolute atomic E-state index is 13.5. The normalized spacial score (nSPS) is 19.3. The molecule has 1 unspecified atom stereocenters. The van der Waals surface area contributed by atoms with E-state index in [1.54, 1.807) is 24.7 Å². The summed E-state index contributed by atoms with van der Waals surface area (Å²) in [5.74, 6) is 1.01. The van der Waals surface area contributed by atoms with E-state index < -0.39 is 12.5 Å². The Morgan fingerprint density at radius 3 is 2.97 bits per heavy atom. The number of rotatable bonds is 4. The number of imidazole rings is 1. The molecule has 4 aromatic heterocycles. The Morgan fingerprint density at radius 2 is 2.14 bits per heavy atom. The fourth-order valence-corrected chi connectivity index (χ4v) is 3.99. The number of H-pyrrole nitrogens is 1. The van der Waals surface area contributed by atoms with Crippen LogP contribution in [0.5, 0.6) is 0 Å². The molecule has 0 aromatic carbocycles. The summed E-state index contributed by atoms with van der Waals surface area (Å²) in [6.45, 7) is 0.627. The van der Waals surface area contributed by atoms with Gasteiger partial charge in [-0.25, -0.2) is 18.3 Å². The fraction of sp³-hybridized carbons (Fsp3) is 0.368. The van der Waals surface area contributed by atoms with Gasteiger partial charge in [-0.15, -0.1) is 5.10 Å². The van der Waals surface area contributed by atoms with Crippen LogP contribution in [-0.4, -0.2) is 36.3 Å². The van der Waals surface area contributed by atoms with Crippen LogP contribution in [0.4, 0.5) is 14.8 Å². The molecule has 1 aliphatic carbocycles. The first-order valence-corrected chi connectivity index (χ1v) is 9.57. The number of alkyl halides is 2. The molecule has 1 fully saturated rings. The number of hydrogen-bond donors (Lipinski definition) is 1. The monoisotopic (exact) mass is 397 g/mol. The van der Waals surface area contributed by atoms with Crippen LogP contribution in [0.1, 0.15) is 59.8 Å². The lowest BCUT2D eigenvalue weighted by atomic mass is 10.00. The lowest BCUT2D eigenvalue weighted by Gasteiger charge is -2.32. The Kier molecular flexibility index (Phi) is 3.50. The SMILES string of the molecule is FC(F)c1cccn2nc(C3c4nc[nH]c4CCN3c3nnc(C4CC4)o3)cc12. The molecule has 8 nitrogen and oxygen atoms in total. The van der Waals surface area contributed by atoms with Gasteiger partial charge >= 0.3 is 6.01 Å². The third-order valence-electron chi connectivity index (χ3n) is 5.60. The third kappa shape index (κ3) is 2.62. The average molecular weight is 397 g/mol. The predicted molar refractivity (Wildman–Crippen MR) is 97.9 cm³/mol. The van der Waals surface area contributed by atoms with Crippen molar-refractivity contribution in [3.05, 3.63) is 59.3 Å². The Bertz CT molecular complexity index is 1190. The van der Waals surface area contributed by atoms with Gasteiger partial charge in [0.05, 0.1) is 23.2 Å². The van der Waals surface area contributed by atoms with Crippen molar-refractivity contribution in [1.82, 2.24) is 29.8 Å². The molecule has 0 bridgehead atoms. The van der Waals surface area contributed by atoms with Crippen LogP contribution in [0, 0.1) is 0 Å². The first-order chi connectivity index (χ1) is 14.2. The summed E-state index contributed by atoms with van der Waals surface area (Å²) in [6, 6.07) is 4.70. The van der Waals surface area contributed by atoms with E-state index in [2.05, 4.69) is 25.3 Å². The van der Waals surface area contributed by atoms with Crippen LogP contribution in [-0.2, 0) is 6.42 Å². The zero-order valence-corrected chi connectivity index (χ0v) is 15.3. The van der Waals surface area contributed by atoms with Crippen LogP contribution in [0.25, 0.3) is 5.52 Å². The number of fused-ring (bicyclic) bond motifs is 2. The molecule has 0 spiro atoms. The van der Waals surface area contributed by atoms with E-state index in [9.17, 15) is 8.78 Å². The van der Waals surface area contributed by atoms with E-state index in [0.29, 0.717) is 35.6 Å². The summed E-state index contributed by atoms with van der Waals surface area (Å²) >= 11 is 0. The number of hydrogen-bond acceptors (Lipinski definition) is 6. The molecule has 0 amide bonds. The van der Waals surface area contributed by atoms with E-state index in [0.717, 1.165) is 30.7 Å². The van der Waals surface area contributed by atoms with Gasteiger partial charge in [-0.2, -0.15) is 5.10 Å². The topological polar surface area (TPSA) is 88.1 Å². The van der Waals surface area contributed by atoms with Crippen molar-refractivity contribution < 1.29 is 13.2 Å². The zero-order valence-electron chi connectivity index (χ0n) is 15.3. The minimum atomic E-state index is -2.58. The van der Waals surface area contributed by atoms with Crippen LogP contribution < -0.4 is 4.90 Å². The second-order valence-corrected chi connectivity index (χ2v) is 7.47. The van der Waals surface area contributed by atoms with Crippen LogP contribution in [0.15, 0.2) is 35.1 Å². The standard InChI is InChI=1S/C19H17F2N7O/c20-17(21)11-2-1-6-28-14(11)8-13(26-28)16-15-12(22-9-23-15)5-7-27(16)19-25-24-18(29-19)10-3-4-10/h1-2,6,8-10,16-17H,3-5,7H2,(H,22,23). The quantitative estimate of drug-likeness (QED) is 0.568. The largest absolute Gasteiger partial charge is 0.408 e. The molecule has 4 aromatic rings. The number of aromatic amines is 1. The molecule has 5 heterocycles. The molecule has 10 heteroatoms. The molecule has 1 N–H and O–H groups in total. The Hall–Kier alpha value is -3.30. The van der Waals surface area contributed by atoms with E-state index in [1.165, 1.54) is 10.6 Å². The van der Waals surface area contributed by atoms with Crippen molar-refractivity contribution in [2.24, 2.45) is 0 Å². The summed E-state index contributed by atoms with van der Waals surface area (Å²) in [4.78, 5) is 9.62. The summed E-state index contributed by atoms with van der Waals surface area (Å²) in [5, 5.41) is 13.0. The number of nitrogens with one attached hydrogen (secondary N) is 1. The average Bonchev–Trinajstić information content (AvgIpc) is 3.13. The second kappa shape index (κ2) is 6.10. The van der Waals surface area contributed by atoms with E-state index in [-0.39, 0.29) is 5.56 Å². The molecular formula is C19H17F2N7O. The van der Waals surface area contributed by atoms with Crippen LogP contribution >= 0.6 is 0 Å². The van der Waals surface area contributed by atoms with Crippen molar-refractivity contribution in [3.63, 3.8) is 0 Å². The van der Waals surface area contributed by atoms with Crippen molar-refractivity contribution in [2.75, 3.05) is 11.4 Å². The molecule has 148 valence electrons. The molecule has 0 saturated heterocycles. The Morgan fingerprint density at radius 1 is 1.24 bits per heavy atom. The smallest absolute Gasteiger partial charge is 0.319 e. The van der Waals surface area contributed by atoms with Gasteiger partial charge in [0.25, 0.3) is 6.43 Å². The number of halogens is 2. The highest BCUT2D eigenvalue weighted by atomic mass is 19.3. The first-order valence-electron chi connectivity index (χ1n) is 9.57. The second-order valence-electron chi connectivity index (χ2n) is 7.47. The number of aromatic nitrogens is 6. The highest BCUT2D eigenvalue weighted by Gasteiger charge is 2.37. The van der Waals surface area contributed by atoms with E-state index >= 15 is 0 Å². The van der Waals surface area contributed by atoms with Crippen molar-refractivity contribution in [3.8, 4) is 0 Å². The van der Waals surface area contributed by atoms with Crippen molar-refractivity contribution in [2.45, 2.75) is 37.6 Å². The Balaban J connectivity index is 1.48. The summed E-state index contributed by atoms with van der Waals surface area (Å²) in [6.07, 6.45) is 3.60. The Labute approximate surface area is 163 Å². The molecule has 1 atom stereocenters. The molecule has 0 radical (unpaired) electrons. The van der Waals surface area contributed by atoms with Crippen molar-refractivity contribution >= 4 is 11.5 Å². The van der Waals surface area contributed by atoms with Crippen LogP contribution in [0.2, 0.25) is 0 Å². The highest BCUT2D eigenvalue weighted by molar-refractivity contribution is 5.58. The number of pyridine rings is 1. The van der Waals surface area contributed by atoms with Gasteiger partial charge in [-0.1, -0.05) is 5.10 Å². The van der Waals surface area contributed by atoms with Gasteiger partial charge < -0.3 is 14.3 Å². The molecule has 29 heavy (non-hydrogen) atoms. The molecule has 1 saturated carbocycles. The molecule has 6 rings (SSSR count). The van der Waals surface area contributed by atoms with E-state index in [4.69, 9.17) is 4.42 Å². The lowest BCUT2D eigenvalue weighted by molar-refractivity contribution is 0.152. The van der Waals surface area contributed by atoms with Gasteiger partial charge in [0, 0.05) is 36.3 Å². The van der Waals surface area contributed by atoms with Gasteiger partial charge in [0.15, 0.2) is 0 Å². The van der Waals surface area contributed by atoms with Crippen LogP contribution in [0.3, 0.4) is 0 Å². The number of anilines is 1. The molecule has 2 aliphatic rings. The summed E-state index contributed by atoms with van der Waals surface area (Å²) < 4.78 is 34.3. The lowest BCUT2D eigenvalue weighted by Crippen LogP contribution is -2.36.